The number of hydrogen-bond acceptors (Lipinski definition) is 9. The third kappa shape index (κ3) is 6.66. The van der Waals surface area contributed by atoms with Gasteiger partial charge in [-0.15, -0.1) is 0 Å². The Kier molecular flexibility index (Phi) is 10.0. The third-order valence-electron chi connectivity index (χ3n) is 8.64. The van der Waals surface area contributed by atoms with E-state index in [4.69, 9.17) is 9.47 Å². The number of morpholine rings is 1. The predicted molar refractivity (Wildman–Crippen MR) is 167 cm³/mol. The van der Waals surface area contributed by atoms with Gasteiger partial charge in [-0.05, 0) is 65.6 Å². The molecule has 1 aromatic heterocycles. The van der Waals surface area contributed by atoms with Crippen molar-refractivity contribution in [3.8, 4) is 17.3 Å². The van der Waals surface area contributed by atoms with Crippen LogP contribution in [0.3, 0.4) is 0 Å². The van der Waals surface area contributed by atoms with Gasteiger partial charge in [0.2, 0.25) is 0 Å². The van der Waals surface area contributed by atoms with Crippen LogP contribution in [0.15, 0.2) is 54.1 Å². The molecule has 2 aromatic carbocycles. The number of nitriles is 1. The zero-order chi connectivity index (χ0) is 31.4. The zero-order valence-electron chi connectivity index (χ0n) is 25.4. The molecule has 234 valence electrons. The van der Waals surface area contributed by atoms with Gasteiger partial charge in [0.25, 0.3) is 5.91 Å². The number of aromatic nitrogens is 1. The van der Waals surface area contributed by atoms with Gasteiger partial charge in [0.1, 0.15) is 29.9 Å². The molecule has 2 aliphatic heterocycles. The summed E-state index contributed by atoms with van der Waals surface area (Å²) in [5.74, 6) is -0.776. The number of carbonyl (C=O) groups is 1. The first-order chi connectivity index (χ1) is 21.2. The lowest BCUT2D eigenvalue weighted by molar-refractivity contribution is -0.247. The minimum Gasteiger partial charge on any atom is -0.388 e. The van der Waals surface area contributed by atoms with E-state index in [9.17, 15) is 25.4 Å². The largest absolute Gasteiger partial charge is 0.388 e. The topological polar surface area (TPSA) is 152 Å². The van der Waals surface area contributed by atoms with Crippen LogP contribution >= 0.6 is 0 Å². The Morgan fingerprint density at radius 3 is 2.50 bits per heavy atom. The van der Waals surface area contributed by atoms with Gasteiger partial charge >= 0.3 is 0 Å². The number of anilines is 1. The quantitative estimate of drug-likeness (QED) is 0.183. The lowest BCUT2D eigenvalue weighted by atomic mass is 9.95. The Hall–Kier alpha value is -3.76. The minimum absolute atomic E-state index is 0.170. The van der Waals surface area contributed by atoms with E-state index in [1.807, 2.05) is 29.8 Å². The molecule has 5 rings (SSSR count). The molecule has 11 nitrogen and oxygen atoms in total. The van der Waals surface area contributed by atoms with Gasteiger partial charge in [-0.3, -0.25) is 9.69 Å². The van der Waals surface area contributed by atoms with Gasteiger partial charge in [0, 0.05) is 50.3 Å². The molecule has 1 amide bonds. The van der Waals surface area contributed by atoms with Crippen molar-refractivity contribution in [3.63, 3.8) is 0 Å². The average molecular weight is 604 g/mol. The molecule has 0 radical (unpaired) electrons. The smallest absolute Gasteiger partial charge is 0.262 e. The number of benzene rings is 2. The van der Waals surface area contributed by atoms with Crippen molar-refractivity contribution in [2.75, 3.05) is 44.7 Å². The third-order valence-corrected chi connectivity index (χ3v) is 8.64. The van der Waals surface area contributed by atoms with Crippen molar-refractivity contribution >= 4 is 27.9 Å². The average Bonchev–Trinajstić information content (AvgIpc) is 3.42. The summed E-state index contributed by atoms with van der Waals surface area (Å²) in [5.41, 5.74) is 3.89. The molecule has 0 bridgehead atoms. The molecule has 0 spiro atoms. The molecule has 3 heterocycles. The summed E-state index contributed by atoms with van der Waals surface area (Å²) in [4.78, 5) is 15.5. The Bertz CT molecular complexity index is 1560. The molecular weight excluding hydrogens is 562 g/mol. The SMILES string of the molecule is CC[C@H]1OC(O)[C@H](NC(=O)/C(C#N)=C(\C)c2ccc(-c3ccc4cc(NCCN5CCOCC5)ccc4c3)n2C)[C@@H](O)[C@@H]1O. The van der Waals surface area contributed by atoms with E-state index in [2.05, 4.69) is 51.9 Å². The first-order valence-electron chi connectivity index (χ1n) is 15.1. The fourth-order valence-electron chi connectivity index (χ4n) is 5.97. The van der Waals surface area contributed by atoms with Crippen molar-refractivity contribution in [1.82, 2.24) is 14.8 Å². The van der Waals surface area contributed by atoms with E-state index >= 15 is 0 Å². The summed E-state index contributed by atoms with van der Waals surface area (Å²) in [6.45, 7) is 8.80. The van der Waals surface area contributed by atoms with Gasteiger partial charge in [-0.25, -0.2) is 0 Å². The number of amides is 1. The van der Waals surface area contributed by atoms with Crippen molar-refractivity contribution in [2.45, 2.75) is 50.9 Å². The van der Waals surface area contributed by atoms with Crippen LogP contribution in [0.25, 0.3) is 27.6 Å². The highest BCUT2D eigenvalue weighted by Gasteiger charge is 2.44. The summed E-state index contributed by atoms with van der Waals surface area (Å²) < 4.78 is 12.7. The number of nitrogens with one attached hydrogen (secondary N) is 2. The number of aliphatic hydroxyl groups excluding tert-OH is 3. The summed E-state index contributed by atoms with van der Waals surface area (Å²) >= 11 is 0. The Morgan fingerprint density at radius 2 is 1.77 bits per heavy atom. The summed E-state index contributed by atoms with van der Waals surface area (Å²) in [6, 6.07) is 17.0. The minimum atomic E-state index is -1.53. The predicted octanol–water partition coefficient (Wildman–Crippen LogP) is 2.22. The first kappa shape index (κ1) is 31.7. The highest BCUT2D eigenvalue weighted by Crippen LogP contribution is 2.30. The maximum absolute atomic E-state index is 13.1. The monoisotopic (exact) mass is 603 g/mol. The Labute approximate surface area is 257 Å². The second kappa shape index (κ2) is 13.9. The van der Waals surface area contributed by atoms with Crippen molar-refractivity contribution < 1.29 is 29.6 Å². The van der Waals surface area contributed by atoms with Gasteiger partial charge in [-0.2, -0.15) is 5.26 Å². The molecule has 5 atom stereocenters. The van der Waals surface area contributed by atoms with Crippen LogP contribution in [0.5, 0.6) is 0 Å². The fourth-order valence-corrected chi connectivity index (χ4v) is 5.97. The number of fused-ring (bicyclic) bond motifs is 1. The molecule has 44 heavy (non-hydrogen) atoms. The highest BCUT2D eigenvalue weighted by atomic mass is 16.6. The maximum Gasteiger partial charge on any atom is 0.262 e. The van der Waals surface area contributed by atoms with E-state index in [0.29, 0.717) is 17.7 Å². The van der Waals surface area contributed by atoms with Crippen molar-refractivity contribution in [3.05, 3.63) is 59.8 Å². The molecule has 0 saturated carbocycles. The summed E-state index contributed by atoms with van der Waals surface area (Å²) in [5, 5.41) is 49.3. The molecule has 11 heteroatoms. The second-order valence-electron chi connectivity index (χ2n) is 11.4. The van der Waals surface area contributed by atoms with Crippen LogP contribution < -0.4 is 10.6 Å². The zero-order valence-corrected chi connectivity index (χ0v) is 25.4. The van der Waals surface area contributed by atoms with Crippen LogP contribution in [-0.2, 0) is 21.3 Å². The first-order valence-corrected chi connectivity index (χ1v) is 15.1. The van der Waals surface area contributed by atoms with Crippen molar-refractivity contribution in [2.24, 2.45) is 7.05 Å². The van der Waals surface area contributed by atoms with Crippen LogP contribution in [0.2, 0.25) is 0 Å². The normalized spacial score (nSPS) is 24.9. The molecule has 2 aliphatic rings. The van der Waals surface area contributed by atoms with Gasteiger partial charge in [0.05, 0.1) is 19.3 Å². The van der Waals surface area contributed by atoms with Crippen LogP contribution in [0.1, 0.15) is 26.0 Å². The number of carbonyl (C=O) groups excluding carboxylic acids is 1. The van der Waals surface area contributed by atoms with E-state index in [0.717, 1.165) is 67.1 Å². The van der Waals surface area contributed by atoms with Gasteiger partial charge < -0.3 is 40.0 Å². The molecule has 2 saturated heterocycles. The summed E-state index contributed by atoms with van der Waals surface area (Å²) in [7, 11) is 1.87. The van der Waals surface area contributed by atoms with Gasteiger partial charge in [0.15, 0.2) is 6.29 Å². The molecule has 2 fully saturated rings. The second-order valence-corrected chi connectivity index (χ2v) is 11.4. The van der Waals surface area contributed by atoms with E-state index in [1.165, 1.54) is 0 Å². The lowest BCUT2D eigenvalue weighted by Crippen LogP contribution is -2.63. The van der Waals surface area contributed by atoms with Crippen LogP contribution in [-0.4, -0.2) is 101 Å². The molecule has 0 aliphatic carbocycles. The fraction of sp³-hybridized carbons (Fsp3) is 0.455. The molecular formula is C33H41N5O6. The lowest BCUT2D eigenvalue weighted by Gasteiger charge is -2.40. The number of aliphatic hydroxyl groups is 3. The number of hydrogen-bond donors (Lipinski definition) is 5. The van der Waals surface area contributed by atoms with E-state index in [-0.39, 0.29) is 5.57 Å². The molecule has 1 unspecified atom stereocenters. The molecule has 5 N–H and O–H groups in total. The van der Waals surface area contributed by atoms with Gasteiger partial charge in [-0.1, -0.05) is 25.1 Å². The van der Waals surface area contributed by atoms with E-state index in [1.54, 1.807) is 13.8 Å². The number of ether oxygens (including phenoxy) is 2. The number of nitrogens with zero attached hydrogens (tertiary/aromatic N) is 3. The van der Waals surface area contributed by atoms with E-state index < -0.39 is 36.6 Å². The summed E-state index contributed by atoms with van der Waals surface area (Å²) in [6.07, 6.45) is -4.66. The Balaban J connectivity index is 1.30. The van der Waals surface area contributed by atoms with Crippen LogP contribution in [0.4, 0.5) is 5.69 Å². The molecule has 3 aromatic rings. The highest BCUT2D eigenvalue weighted by molar-refractivity contribution is 6.04. The Morgan fingerprint density at radius 1 is 1.05 bits per heavy atom. The van der Waals surface area contributed by atoms with Crippen LogP contribution in [0, 0.1) is 11.3 Å². The maximum atomic E-state index is 13.1. The standard InChI is InChI=1S/C33H41N5O6/c1-4-28-30(39)31(40)29(33(42)44-28)36-32(41)25(19-34)20(2)26-9-10-27(37(26)3)23-6-5-22-18-24(8-7-21(22)17-23)35-11-12-38-13-15-43-16-14-38/h5-10,17-18,28-31,33,35,39-40,42H,4,11-16H2,1-3H3,(H,36,41)/b25-20+/t28-,29-,30-,31-,33?/m1/s1. The number of allylic oxidation sites excluding steroid dienone is 1. The number of rotatable bonds is 9. The van der Waals surface area contributed by atoms with Crippen molar-refractivity contribution in [1.29, 1.82) is 5.26 Å².